The summed E-state index contributed by atoms with van der Waals surface area (Å²) in [7, 11) is 0. The van der Waals surface area contributed by atoms with Crippen molar-refractivity contribution >= 4 is 5.82 Å². The fourth-order valence-corrected chi connectivity index (χ4v) is 0.422. The highest BCUT2D eigenvalue weighted by Crippen LogP contribution is 2.10. The van der Waals surface area contributed by atoms with Gasteiger partial charge in [0.25, 0.3) is 0 Å². The molecule has 1 aromatic rings. The molecule has 0 aliphatic carbocycles. The van der Waals surface area contributed by atoms with E-state index in [1.54, 1.807) is 0 Å². The van der Waals surface area contributed by atoms with Gasteiger partial charge in [-0.1, -0.05) is 4.48 Å². The van der Waals surface area contributed by atoms with Gasteiger partial charge in [0, 0.05) is 6.20 Å². The van der Waals surface area contributed by atoms with Gasteiger partial charge >= 0.3 is 0 Å². The first-order valence-electron chi connectivity index (χ1n) is 2.01. The first-order valence-corrected chi connectivity index (χ1v) is 2.01. The summed E-state index contributed by atoms with van der Waals surface area (Å²) >= 11 is 0. The Balaban J connectivity index is 3.09. The summed E-state index contributed by atoms with van der Waals surface area (Å²) in [6.45, 7) is 0. The molecule has 0 saturated heterocycles. The second-order valence-electron chi connectivity index (χ2n) is 1.27. The Morgan fingerprint density at radius 2 is 2.50 bits per heavy atom. The summed E-state index contributed by atoms with van der Waals surface area (Å²) in [6, 6.07) is 2.68. The highest BCUT2D eigenvalue weighted by molar-refractivity contribution is 5.26. The van der Waals surface area contributed by atoms with Gasteiger partial charge in [-0.15, -0.1) is 4.91 Å². The first-order chi connectivity index (χ1) is 3.84. The van der Waals surface area contributed by atoms with Crippen LogP contribution in [-0.2, 0) is 0 Å². The van der Waals surface area contributed by atoms with Crippen molar-refractivity contribution in [1.82, 2.24) is 4.79 Å². The van der Waals surface area contributed by atoms with E-state index in [0.29, 0.717) is 0 Å². The molecule has 0 unspecified atom stereocenters. The van der Waals surface area contributed by atoms with Gasteiger partial charge in [-0.05, 0) is 17.3 Å². The zero-order valence-electron chi connectivity index (χ0n) is 3.91. The van der Waals surface area contributed by atoms with E-state index >= 15 is 0 Å². The van der Waals surface area contributed by atoms with Crippen LogP contribution in [0.1, 0.15) is 0 Å². The van der Waals surface area contributed by atoms with Crippen molar-refractivity contribution in [3.05, 3.63) is 23.2 Å². The van der Waals surface area contributed by atoms with Crippen molar-refractivity contribution < 1.29 is 4.48 Å². The molecule has 8 heavy (non-hydrogen) atoms. The zero-order valence-corrected chi connectivity index (χ0v) is 3.91. The number of halogens is 1. The molecular weight excluding hydrogens is 111 g/mol. The van der Waals surface area contributed by atoms with E-state index in [-0.39, 0.29) is 10.6 Å². The van der Waals surface area contributed by atoms with E-state index in [1.165, 1.54) is 12.1 Å². The molecule has 42 valence electrons. The standard InChI is InChI=1S/C4H3FN2O/c5-7-3-1-2-4(7)6-8/h1-3H. The summed E-state index contributed by atoms with van der Waals surface area (Å²) in [5.41, 5.74) is 0. The minimum atomic E-state index is -0.204. The molecule has 3 nitrogen and oxygen atoms in total. The molecule has 1 heterocycles. The van der Waals surface area contributed by atoms with Crippen LogP contribution in [0, 0.1) is 4.91 Å². The summed E-state index contributed by atoms with van der Waals surface area (Å²) < 4.78 is 12.0. The summed E-state index contributed by atoms with van der Waals surface area (Å²) in [5, 5.41) is 2.37. The van der Waals surface area contributed by atoms with Crippen molar-refractivity contribution in [2.45, 2.75) is 0 Å². The van der Waals surface area contributed by atoms with Crippen molar-refractivity contribution in [2.75, 3.05) is 0 Å². The van der Waals surface area contributed by atoms with E-state index < -0.39 is 0 Å². The maximum Gasteiger partial charge on any atom is 0.206 e. The largest absolute Gasteiger partial charge is 0.206 e. The smallest absolute Gasteiger partial charge is 0.165 e. The lowest BCUT2D eigenvalue weighted by Gasteiger charge is -1.80. The van der Waals surface area contributed by atoms with Crippen molar-refractivity contribution in [2.24, 2.45) is 5.18 Å². The topological polar surface area (TPSA) is 34.4 Å². The maximum atomic E-state index is 12.0. The fourth-order valence-electron chi connectivity index (χ4n) is 0.422. The van der Waals surface area contributed by atoms with Gasteiger partial charge in [-0.2, -0.15) is 4.79 Å². The summed E-state index contributed by atoms with van der Waals surface area (Å²) in [5.74, 6) is -0.204. The van der Waals surface area contributed by atoms with Crippen LogP contribution in [-0.4, -0.2) is 4.79 Å². The third-order valence-corrected chi connectivity index (χ3v) is 0.775. The Hall–Kier alpha value is -1.19. The SMILES string of the molecule is O=Nc1cccn1F. The second-order valence-corrected chi connectivity index (χ2v) is 1.27. The van der Waals surface area contributed by atoms with E-state index in [2.05, 4.69) is 5.18 Å². The predicted octanol–water partition coefficient (Wildman–Crippen LogP) is 1.62. The van der Waals surface area contributed by atoms with Gasteiger partial charge < -0.3 is 0 Å². The van der Waals surface area contributed by atoms with Crippen LogP contribution in [0.4, 0.5) is 10.3 Å². The lowest BCUT2D eigenvalue weighted by molar-refractivity contribution is 0.376. The van der Waals surface area contributed by atoms with E-state index in [4.69, 9.17) is 0 Å². The lowest BCUT2D eigenvalue weighted by atomic mass is 10.6. The second kappa shape index (κ2) is 1.73. The molecule has 0 atom stereocenters. The van der Waals surface area contributed by atoms with Gasteiger partial charge in [0.15, 0.2) is 0 Å². The van der Waals surface area contributed by atoms with Crippen molar-refractivity contribution in [1.29, 1.82) is 0 Å². The van der Waals surface area contributed by atoms with E-state index in [0.717, 1.165) is 6.20 Å². The van der Waals surface area contributed by atoms with Gasteiger partial charge in [0.1, 0.15) is 0 Å². The van der Waals surface area contributed by atoms with E-state index in [9.17, 15) is 9.39 Å². The molecule has 1 aromatic heterocycles. The molecule has 0 amide bonds. The summed E-state index contributed by atoms with van der Waals surface area (Å²) in [6.07, 6.45) is 1.11. The van der Waals surface area contributed by atoms with Gasteiger partial charge in [-0.25, -0.2) is 0 Å². The molecule has 0 saturated carbocycles. The average molecular weight is 114 g/mol. The number of hydrogen-bond donors (Lipinski definition) is 0. The number of hydrogen-bond acceptors (Lipinski definition) is 2. The highest BCUT2D eigenvalue weighted by Gasteiger charge is 1.94. The van der Waals surface area contributed by atoms with Crippen LogP contribution in [0.5, 0.6) is 0 Å². The molecule has 0 fully saturated rings. The maximum absolute atomic E-state index is 12.0. The first kappa shape index (κ1) is 4.96. The Morgan fingerprint density at radius 1 is 1.75 bits per heavy atom. The Morgan fingerprint density at radius 3 is 2.75 bits per heavy atom. The van der Waals surface area contributed by atoms with Crippen LogP contribution in [0.2, 0.25) is 0 Å². The molecule has 1 rings (SSSR count). The molecule has 0 aromatic carbocycles. The monoisotopic (exact) mass is 114 g/mol. The number of aromatic nitrogens is 1. The highest BCUT2D eigenvalue weighted by atomic mass is 19.2. The Bertz CT molecular complexity index is 196. The Kier molecular flexibility index (Phi) is 1.07. The van der Waals surface area contributed by atoms with Crippen LogP contribution >= 0.6 is 0 Å². The number of nitroso groups, excluding NO2 is 1. The van der Waals surface area contributed by atoms with Crippen LogP contribution in [0.25, 0.3) is 0 Å². The molecule has 0 N–H and O–H groups in total. The van der Waals surface area contributed by atoms with Crippen molar-refractivity contribution in [3.63, 3.8) is 0 Å². The average Bonchev–Trinajstić information content (AvgIpc) is 2.14. The fraction of sp³-hybridized carbons (Fsp3) is 0. The normalized spacial score (nSPS) is 9.12. The minimum absolute atomic E-state index is 0.160. The summed E-state index contributed by atoms with van der Waals surface area (Å²) in [4.78, 5) is 9.74. The van der Waals surface area contributed by atoms with Crippen LogP contribution in [0.15, 0.2) is 23.5 Å². The molecule has 0 radical (unpaired) electrons. The third-order valence-electron chi connectivity index (χ3n) is 0.775. The zero-order chi connectivity index (χ0) is 5.98. The van der Waals surface area contributed by atoms with E-state index in [1.807, 2.05) is 0 Å². The lowest BCUT2D eigenvalue weighted by Crippen LogP contribution is -1.71. The van der Waals surface area contributed by atoms with Crippen molar-refractivity contribution in [3.8, 4) is 0 Å². The molecule has 0 aliphatic rings. The van der Waals surface area contributed by atoms with Gasteiger partial charge in [0.2, 0.25) is 5.82 Å². The number of nitrogens with zero attached hydrogens (tertiary/aromatic N) is 2. The Labute approximate surface area is 44.6 Å². The van der Waals surface area contributed by atoms with Crippen LogP contribution in [0.3, 0.4) is 0 Å². The van der Waals surface area contributed by atoms with Gasteiger partial charge in [-0.3, -0.25) is 0 Å². The molecule has 0 spiro atoms. The predicted molar refractivity (Wildman–Crippen MR) is 26.4 cm³/mol. The third kappa shape index (κ3) is 0.598. The van der Waals surface area contributed by atoms with Crippen LogP contribution < -0.4 is 0 Å². The molecule has 0 bridgehead atoms. The minimum Gasteiger partial charge on any atom is -0.165 e. The number of rotatable bonds is 1. The quantitative estimate of drug-likeness (QED) is 0.511. The molecule has 0 aliphatic heterocycles. The molecule has 4 heteroatoms. The van der Waals surface area contributed by atoms with Gasteiger partial charge in [0.05, 0.1) is 0 Å². The molecular formula is C4H3FN2O.